The highest BCUT2D eigenvalue weighted by Gasteiger charge is 2.20. The third-order valence-corrected chi connectivity index (χ3v) is 5.05. The number of pyridine rings is 1. The van der Waals surface area contributed by atoms with E-state index in [1.54, 1.807) is 24.6 Å². The lowest BCUT2D eigenvalue weighted by molar-refractivity contribution is 0.102. The van der Waals surface area contributed by atoms with E-state index in [2.05, 4.69) is 10.4 Å². The summed E-state index contributed by atoms with van der Waals surface area (Å²) in [6.07, 6.45) is 3.29. The van der Waals surface area contributed by atoms with Gasteiger partial charge in [0.15, 0.2) is 11.4 Å². The van der Waals surface area contributed by atoms with Gasteiger partial charge in [0.1, 0.15) is 5.69 Å². The maximum atomic E-state index is 13.3. The number of aromatic nitrogens is 3. The Morgan fingerprint density at radius 1 is 1.20 bits per heavy atom. The molecule has 30 heavy (non-hydrogen) atoms. The Morgan fingerprint density at radius 2 is 2.00 bits per heavy atom. The van der Waals surface area contributed by atoms with Gasteiger partial charge in [0.25, 0.3) is 5.91 Å². The Kier molecular flexibility index (Phi) is 5.03. The third-order valence-electron chi connectivity index (χ3n) is 5.05. The minimum atomic E-state index is -0.209. The van der Waals surface area contributed by atoms with Crippen LogP contribution in [0.1, 0.15) is 35.8 Å². The van der Waals surface area contributed by atoms with E-state index in [0.29, 0.717) is 28.1 Å². The molecule has 0 saturated heterocycles. The highest BCUT2D eigenvalue weighted by molar-refractivity contribution is 6.12. The van der Waals surface area contributed by atoms with Gasteiger partial charge in [-0.1, -0.05) is 0 Å². The zero-order valence-corrected chi connectivity index (χ0v) is 17.8. The van der Waals surface area contributed by atoms with Gasteiger partial charge in [-0.25, -0.2) is 9.67 Å². The predicted molar refractivity (Wildman–Crippen MR) is 119 cm³/mol. The number of nitrogens with zero attached hydrogens (tertiary/aromatic N) is 4. The number of fused-ring (bicyclic) bond motifs is 1. The summed E-state index contributed by atoms with van der Waals surface area (Å²) in [5.41, 5.74) is 4.60. The van der Waals surface area contributed by atoms with Crippen molar-refractivity contribution in [3.05, 3.63) is 60.0 Å². The number of carbonyl (C=O) groups excluding carboxylic acids is 1. The molecule has 0 aliphatic heterocycles. The Labute approximate surface area is 175 Å². The summed E-state index contributed by atoms with van der Waals surface area (Å²) in [6.45, 7) is 6.04. The van der Waals surface area contributed by atoms with Crippen molar-refractivity contribution in [2.45, 2.75) is 26.8 Å². The molecule has 0 radical (unpaired) electrons. The van der Waals surface area contributed by atoms with Crippen molar-refractivity contribution >= 4 is 28.3 Å². The van der Waals surface area contributed by atoms with Crippen LogP contribution in [0.4, 0.5) is 11.4 Å². The molecule has 0 spiro atoms. The molecule has 0 unspecified atom stereocenters. The fraction of sp³-hybridized carbons (Fsp3) is 0.261. The number of amides is 1. The lowest BCUT2D eigenvalue weighted by Gasteiger charge is -2.16. The van der Waals surface area contributed by atoms with E-state index in [1.807, 2.05) is 68.7 Å². The second-order valence-electron chi connectivity index (χ2n) is 7.80. The molecule has 3 aromatic heterocycles. The van der Waals surface area contributed by atoms with Crippen LogP contribution in [0.5, 0.6) is 0 Å². The summed E-state index contributed by atoms with van der Waals surface area (Å²) in [5, 5.41) is 8.20. The summed E-state index contributed by atoms with van der Waals surface area (Å²) < 4.78 is 7.34. The molecule has 1 N–H and O–H groups in total. The van der Waals surface area contributed by atoms with Crippen LogP contribution in [0.3, 0.4) is 0 Å². The summed E-state index contributed by atoms with van der Waals surface area (Å²) in [4.78, 5) is 20.0. The van der Waals surface area contributed by atoms with Crippen molar-refractivity contribution in [3.63, 3.8) is 0 Å². The van der Waals surface area contributed by atoms with Crippen LogP contribution in [-0.2, 0) is 0 Å². The number of carbonyl (C=O) groups is 1. The Balaban J connectivity index is 1.78. The lowest BCUT2D eigenvalue weighted by atomic mass is 10.1. The topological polar surface area (TPSA) is 76.2 Å². The zero-order chi connectivity index (χ0) is 21.4. The van der Waals surface area contributed by atoms with Crippen LogP contribution in [0, 0.1) is 6.92 Å². The van der Waals surface area contributed by atoms with E-state index in [9.17, 15) is 4.79 Å². The molecule has 1 aromatic carbocycles. The second kappa shape index (κ2) is 7.67. The molecule has 1 amide bonds. The largest absolute Gasteiger partial charge is 0.463 e. The number of furan rings is 1. The smallest absolute Gasteiger partial charge is 0.256 e. The van der Waals surface area contributed by atoms with Crippen molar-refractivity contribution in [1.29, 1.82) is 0 Å². The van der Waals surface area contributed by atoms with Gasteiger partial charge >= 0.3 is 0 Å². The van der Waals surface area contributed by atoms with Crippen LogP contribution < -0.4 is 10.2 Å². The first-order chi connectivity index (χ1) is 14.3. The number of aryl methyl sites for hydroxylation is 1. The quantitative estimate of drug-likeness (QED) is 0.513. The van der Waals surface area contributed by atoms with Gasteiger partial charge in [0.05, 0.1) is 23.4 Å². The SMILES string of the molecule is Cc1cc(N(C)C)ccc1NC(=O)c1cc(-c2ccco2)nc2c1cnn2C(C)C. The van der Waals surface area contributed by atoms with Gasteiger partial charge in [0.2, 0.25) is 0 Å². The van der Waals surface area contributed by atoms with Crippen molar-refractivity contribution in [2.75, 3.05) is 24.3 Å². The molecule has 0 bridgehead atoms. The summed E-state index contributed by atoms with van der Waals surface area (Å²) >= 11 is 0. The van der Waals surface area contributed by atoms with Gasteiger partial charge in [-0.3, -0.25) is 4.79 Å². The maximum absolute atomic E-state index is 13.3. The highest BCUT2D eigenvalue weighted by Crippen LogP contribution is 2.28. The van der Waals surface area contributed by atoms with E-state index in [4.69, 9.17) is 9.40 Å². The highest BCUT2D eigenvalue weighted by atomic mass is 16.3. The van der Waals surface area contributed by atoms with Crippen LogP contribution in [0.25, 0.3) is 22.5 Å². The van der Waals surface area contributed by atoms with E-state index in [0.717, 1.165) is 16.9 Å². The van der Waals surface area contributed by atoms with Gasteiger partial charge in [-0.2, -0.15) is 5.10 Å². The average Bonchev–Trinajstić information content (AvgIpc) is 3.38. The molecule has 0 atom stereocenters. The lowest BCUT2D eigenvalue weighted by Crippen LogP contribution is -2.15. The predicted octanol–water partition coefficient (Wildman–Crippen LogP) is 4.90. The Hall–Kier alpha value is -3.61. The molecule has 4 rings (SSSR count). The first kappa shape index (κ1) is 19.7. The number of anilines is 2. The molecule has 3 heterocycles. The van der Waals surface area contributed by atoms with E-state index in [-0.39, 0.29) is 11.9 Å². The first-order valence-electron chi connectivity index (χ1n) is 9.86. The molecule has 0 aliphatic rings. The van der Waals surface area contributed by atoms with Crippen LogP contribution >= 0.6 is 0 Å². The molecule has 0 saturated carbocycles. The Bertz CT molecular complexity index is 1210. The fourth-order valence-electron chi connectivity index (χ4n) is 3.39. The molecule has 7 heteroatoms. The van der Waals surface area contributed by atoms with E-state index < -0.39 is 0 Å². The molecule has 4 aromatic rings. The van der Waals surface area contributed by atoms with Gasteiger partial charge in [-0.15, -0.1) is 0 Å². The monoisotopic (exact) mass is 403 g/mol. The van der Waals surface area contributed by atoms with Crippen LogP contribution in [-0.4, -0.2) is 34.8 Å². The average molecular weight is 403 g/mol. The minimum Gasteiger partial charge on any atom is -0.463 e. The molecular formula is C23H25N5O2. The fourth-order valence-corrected chi connectivity index (χ4v) is 3.39. The number of benzene rings is 1. The molecule has 0 fully saturated rings. The Morgan fingerprint density at radius 3 is 2.63 bits per heavy atom. The molecule has 154 valence electrons. The maximum Gasteiger partial charge on any atom is 0.256 e. The normalized spacial score (nSPS) is 11.3. The molecular weight excluding hydrogens is 378 g/mol. The molecule has 7 nitrogen and oxygen atoms in total. The number of rotatable bonds is 5. The van der Waals surface area contributed by atoms with Crippen molar-refractivity contribution in [3.8, 4) is 11.5 Å². The van der Waals surface area contributed by atoms with E-state index in [1.165, 1.54) is 0 Å². The number of nitrogens with one attached hydrogen (secondary N) is 1. The van der Waals surface area contributed by atoms with E-state index >= 15 is 0 Å². The minimum absolute atomic E-state index is 0.110. The van der Waals surface area contributed by atoms with Gasteiger partial charge in [0, 0.05) is 31.5 Å². The third kappa shape index (κ3) is 3.54. The summed E-state index contributed by atoms with van der Waals surface area (Å²) in [7, 11) is 3.98. The standard InChI is InChI=1S/C23H25N5O2/c1-14(2)28-22-18(13-24-28)17(12-20(25-22)21-7-6-10-30-21)23(29)26-19-9-8-16(27(4)5)11-15(19)3/h6-14H,1-5H3,(H,26,29). The number of hydrogen-bond donors (Lipinski definition) is 1. The van der Waals surface area contributed by atoms with Crippen molar-refractivity contribution in [2.24, 2.45) is 0 Å². The van der Waals surface area contributed by atoms with Gasteiger partial charge < -0.3 is 14.6 Å². The summed E-state index contributed by atoms with van der Waals surface area (Å²) in [5.74, 6) is 0.396. The zero-order valence-electron chi connectivity index (χ0n) is 17.8. The summed E-state index contributed by atoms with van der Waals surface area (Å²) in [6, 6.07) is 11.4. The van der Waals surface area contributed by atoms with Gasteiger partial charge in [-0.05, 0) is 62.7 Å². The second-order valence-corrected chi connectivity index (χ2v) is 7.80. The first-order valence-corrected chi connectivity index (χ1v) is 9.86. The molecule has 0 aliphatic carbocycles. The van der Waals surface area contributed by atoms with Crippen molar-refractivity contribution < 1.29 is 9.21 Å². The van der Waals surface area contributed by atoms with Crippen LogP contribution in [0.15, 0.2) is 53.3 Å². The van der Waals surface area contributed by atoms with Crippen molar-refractivity contribution in [1.82, 2.24) is 14.8 Å². The van der Waals surface area contributed by atoms with Crippen LogP contribution in [0.2, 0.25) is 0 Å². The number of hydrogen-bond acceptors (Lipinski definition) is 5.